The Morgan fingerprint density at radius 3 is 2.29 bits per heavy atom. The number of aliphatic hydroxyl groups is 1. The summed E-state index contributed by atoms with van der Waals surface area (Å²) in [6, 6.07) is 0.303. The van der Waals surface area contributed by atoms with E-state index in [2.05, 4.69) is 10.3 Å². The van der Waals surface area contributed by atoms with Crippen molar-refractivity contribution in [2.45, 2.75) is 43.7 Å². The molecule has 4 heteroatoms. The molecule has 2 atom stereocenters. The van der Waals surface area contributed by atoms with Gasteiger partial charge in [-0.1, -0.05) is 5.22 Å². The lowest BCUT2D eigenvalue weighted by molar-refractivity contribution is -0.133. The predicted octanol–water partition coefficient (Wildman–Crippen LogP) is 1.25. The Labute approximate surface area is 83.6 Å². The molecule has 0 aromatic carbocycles. The smallest absolute Gasteiger partial charge is 0.0788 e. The lowest BCUT2D eigenvalue weighted by Gasteiger charge is -2.56. The van der Waals surface area contributed by atoms with Crippen molar-refractivity contribution >= 4 is 0 Å². The van der Waals surface area contributed by atoms with Gasteiger partial charge in [0.15, 0.2) is 0 Å². The fourth-order valence-corrected chi connectivity index (χ4v) is 4.22. The van der Waals surface area contributed by atoms with E-state index < -0.39 is 0 Å². The summed E-state index contributed by atoms with van der Waals surface area (Å²) in [5, 5.41) is 17.9. The van der Waals surface area contributed by atoms with Gasteiger partial charge in [-0.3, -0.25) is 0 Å². The van der Waals surface area contributed by atoms with Crippen LogP contribution in [0.2, 0.25) is 0 Å². The fourth-order valence-electron chi connectivity index (χ4n) is 4.22. The Bertz CT molecular complexity index is 263. The first-order valence-electron chi connectivity index (χ1n) is 5.53. The zero-order valence-electron chi connectivity index (χ0n) is 8.26. The summed E-state index contributed by atoms with van der Waals surface area (Å²) in [5.41, 5.74) is -0.364. The van der Waals surface area contributed by atoms with Gasteiger partial charge in [-0.15, -0.1) is 0 Å². The molecular formula is C10H17N3O. The molecule has 0 aromatic rings. The monoisotopic (exact) mass is 195 g/mol. The number of hydrogen-bond acceptors (Lipinski definition) is 3. The van der Waals surface area contributed by atoms with Gasteiger partial charge in [0.05, 0.1) is 11.6 Å². The molecule has 0 amide bonds. The second-order valence-electron chi connectivity index (χ2n) is 5.42. The minimum absolute atomic E-state index is 0.303. The third-order valence-electron chi connectivity index (χ3n) is 4.39. The Kier molecular flexibility index (Phi) is 1.66. The van der Waals surface area contributed by atoms with Crippen LogP contribution in [0.4, 0.5) is 0 Å². The molecule has 0 saturated heterocycles. The highest BCUT2D eigenvalue weighted by atomic mass is 16.3. The van der Waals surface area contributed by atoms with Crippen LogP contribution in [0, 0.1) is 17.8 Å². The molecule has 14 heavy (non-hydrogen) atoms. The largest absolute Gasteiger partial charge is 0.390 e. The zero-order chi connectivity index (χ0) is 9.76. The first-order valence-corrected chi connectivity index (χ1v) is 5.53. The summed E-state index contributed by atoms with van der Waals surface area (Å²) in [5.74, 6) is 6.96. The van der Waals surface area contributed by atoms with Crippen LogP contribution in [-0.4, -0.2) is 16.7 Å². The third kappa shape index (κ3) is 1.10. The average molecular weight is 195 g/mol. The van der Waals surface area contributed by atoms with Crippen LogP contribution in [0.1, 0.15) is 32.1 Å². The molecule has 0 heterocycles. The Morgan fingerprint density at radius 1 is 1.14 bits per heavy atom. The summed E-state index contributed by atoms with van der Waals surface area (Å²) in [4.78, 5) is 0. The van der Waals surface area contributed by atoms with Gasteiger partial charge in [-0.05, 0) is 49.9 Å². The van der Waals surface area contributed by atoms with E-state index in [0.717, 1.165) is 25.2 Å². The molecule has 2 unspecified atom stereocenters. The number of nitrogens with two attached hydrogens (primary N) is 1. The maximum absolute atomic E-state index is 10.3. The van der Waals surface area contributed by atoms with Crippen molar-refractivity contribution in [1.29, 1.82) is 0 Å². The highest BCUT2D eigenvalue weighted by Gasteiger charge is 2.54. The molecule has 4 aliphatic rings. The molecular weight excluding hydrogens is 178 g/mol. The Balaban J connectivity index is 1.89. The van der Waals surface area contributed by atoms with Gasteiger partial charge in [-0.25, -0.2) is 0 Å². The molecule has 0 spiro atoms. The lowest BCUT2D eigenvalue weighted by Crippen LogP contribution is -2.56. The SMILES string of the molecule is NN=NC1C2CC3CC1CC(O)(C3)C2. The molecule has 0 aromatic heterocycles. The number of hydrogen-bond donors (Lipinski definition) is 2. The quantitative estimate of drug-likeness (QED) is 0.375. The standard InChI is InChI=1S/C10H17N3O/c11-13-12-9-7-1-6-2-8(9)5-10(14,3-6)4-7/h6-9,14H,1-5H2,(H2,11,12). The number of rotatable bonds is 1. The van der Waals surface area contributed by atoms with Crippen LogP contribution in [0.15, 0.2) is 10.3 Å². The molecule has 4 aliphatic carbocycles. The van der Waals surface area contributed by atoms with Gasteiger partial charge in [0, 0.05) is 0 Å². The molecule has 4 rings (SSSR count). The zero-order valence-corrected chi connectivity index (χ0v) is 8.26. The van der Waals surface area contributed by atoms with Crippen LogP contribution >= 0.6 is 0 Å². The summed E-state index contributed by atoms with van der Waals surface area (Å²) in [6.45, 7) is 0. The van der Waals surface area contributed by atoms with Gasteiger partial charge < -0.3 is 10.9 Å². The van der Waals surface area contributed by atoms with Crippen molar-refractivity contribution in [3.63, 3.8) is 0 Å². The van der Waals surface area contributed by atoms with Crippen LogP contribution < -0.4 is 5.84 Å². The molecule has 3 N–H and O–H groups in total. The first-order chi connectivity index (χ1) is 6.70. The van der Waals surface area contributed by atoms with Crippen molar-refractivity contribution in [2.24, 2.45) is 33.9 Å². The minimum atomic E-state index is -0.364. The third-order valence-corrected chi connectivity index (χ3v) is 4.39. The van der Waals surface area contributed by atoms with Crippen LogP contribution in [0.3, 0.4) is 0 Å². The molecule has 4 bridgehead atoms. The summed E-state index contributed by atoms with van der Waals surface area (Å²) in [7, 11) is 0. The van der Waals surface area contributed by atoms with E-state index in [9.17, 15) is 5.11 Å². The first kappa shape index (κ1) is 8.65. The minimum Gasteiger partial charge on any atom is -0.390 e. The molecule has 4 nitrogen and oxygen atoms in total. The molecule has 4 saturated carbocycles. The van der Waals surface area contributed by atoms with Gasteiger partial charge in [0.1, 0.15) is 0 Å². The fraction of sp³-hybridized carbons (Fsp3) is 1.00. The Morgan fingerprint density at radius 2 is 1.79 bits per heavy atom. The molecule has 4 fully saturated rings. The van der Waals surface area contributed by atoms with Crippen molar-refractivity contribution in [2.75, 3.05) is 0 Å². The van der Waals surface area contributed by atoms with Crippen LogP contribution in [0.5, 0.6) is 0 Å². The van der Waals surface area contributed by atoms with Crippen molar-refractivity contribution < 1.29 is 5.11 Å². The number of nitrogens with zero attached hydrogens (tertiary/aromatic N) is 2. The normalized spacial score (nSPS) is 55.8. The van der Waals surface area contributed by atoms with Gasteiger partial charge in [0.2, 0.25) is 0 Å². The van der Waals surface area contributed by atoms with Gasteiger partial charge in [0.25, 0.3) is 0 Å². The second kappa shape index (κ2) is 2.69. The summed E-state index contributed by atoms with van der Waals surface area (Å²) in [6.07, 6.45) is 5.31. The maximum atomic E-state index is 10.3. The summed E-state index contributed by atoms with van der Waals surface area (Å²) < 4.78 is 0. The second-order valence-corrected chi connectivity index (χ2v) is 5.42. The van der Waals surface area contributed by atoms with Crippen molar-refractivity contribution in [3.8, 4) is 0 Å². The van der Waals surface area contributed by atoms with E-state index in [1.807, 2.05) is 0 Å². The van der Waals surface area contributed by atoms with E-state index in [1.54, 1.807) is 0 Å². The van der Waals surface area contributed by atoms with Gasteiger partial charge in [-0.2, -0.15) is 5.11 Å². The van der Waals surface area contributed by atoms with Gasteiger partial charge >= 0.3 is 0 Å². The van der Waals surface area contributed by atoms with Crippen molar-refractivity contribution in [3.05, 3.63) is 0 Å². The molecule has 0 aliphatic heterocycles. The molecule has 78 valence electrons. The topological polar surface area (TPSA) is 71.0 Å². The summed E-state index contributed by atoms with van der Waals surface area (Å²) >= 11 is 0. The van der Waals surface area contributed by atoms with Crippen LogP contribution in [0.25, 0.3) is 0 Å². The van der Waals surface area contributed by atoms with E-state index in [-0.39, 0.29) is 5.60 Å². The Hall–Kier alpha value is -0.640. The van der Waals surface area contributed by atoms with E-state index >= 15 is 0 Å². The average Bonchev–Trinajstić information content (AvgIpc) is 2.08. The lowest BCUT2D eigenvalue weighted by atomic mass is 9.52. The van der Waals surface area contributed by atoms with E-state index in [0.29, 0.717) is 17.9 Å². The van der Waals surface area contributed by atoms with Crippen LogP contribution in [-0.2, 0) is 0 Å². The maximum Gasteiger partial charge on any atom is 0.0788 e. The molecule has 0 radical (unpaired) electrons. The van der Waals surface area contributed by atoms with E-state index in [1.165, 1.54) is 12.8 Å². The van der Waals surface area contributed by atoms with E-state index in [4.69, 9.17) is 5.84 Å². The predicted molar refractivity (Wildman–Crippen MR) is 51.3 cm³/mol. The van der Waals surface area contributed by atoms with Crippen molar-refractivity contribution in [1.82, 2.24) is 0 Å². The highest BCUT2D eigenvalue weighted by Crippen LogP contribution is 2.56. The highest BCUT2D eigenvalue weighted by molar-refractivity contribution is 5.07.